The number of aromatic nitrogens is 1. The number of benzene rings is 1. The Balaban J connectivity index is 2.52. The van der Waals surface area contributed by atoms with Crippen molar-refractivity contribution < 1.29 is 8.78 Å². The number of aromatic amines is 1. The fourth-order valence-corrected chi connectivity index (χ4v) is 2.08. The molecule has 0 amide bonds. The van der Waals surface area contributed by atoms with E-state index >= 15 is 0 Å². The summed E-state index contributed by atoms with van der Waals surface area (Å²) in [7, 11) is 0. The van der Waals surface area contributed by atoms with Gasteiger partial charge in [0.2, 0.25) is 5.92 Å². The van der Waals surface area contributed by atoms with E-state index in [9.17, 15) is 8.78 Å². The molecule has 0 bridgehead atoms. The van der Waals surface area contributed by atoms with E-state index in [-0.39, 0.29) is 6.42 Å². The highest BCUT2D eigenvalue weighted by atomic mass is 19.3. The molecule has 0 fully saturated rings. The molecule has 1 heterocycles. The molecule has 1 N–H and O–H groups in total. The van der Waals surface area contributed by atoms with Crippen molar-refractivity contribution in [2.75, 3.05) is 0 Å². The number of alkyl halides is 2. The van der Waals surface area contributed by atoms with Crippen molar-refractivity contribution in [2.45, 2.75) is 33.1 Å². The van der Waals surface area contributed by atoms with E-state index in [1.165, 1.54) is 0 Å². The summed E-state index contributed by atoms with van der Waals surface area (Å²) in [4.78, 5) is 3.16. The number of rotatable bonds is 2. The lowest BCUT2D eigenvalue weighted by Gasteiger charge is -2.11. The molecule has 0 aliphatic carbocycles. The average molecular weight is 223 g/mol. The molecule has 0 atom stereocenters. The van der Waals surface area contributed by atoms with Crippen LogP contribution in [0.15, 0.2) is 18.3 Å². The molecule has 0 spiro atoms. The first kappa shape index (κ1) is 11.1. The molecule has 0 aliphatic rings. The molecule has 3 heteroatoms. The van der Waals surface area contributed by atoms with Crippen LogP contribution in [-0.2, 0) is 6.42 Å². The molecule has 1 aromatic heterocycles. The molecule has 0 aliphatic heterocycles. The van der Waals surface area contributed by atoms with Gasteiger partial charge in [-0.25, -0.2) is 8.78 Å². The van der Waals surface area contributed by atoms with Crippen molar-refractivity contribution in [1.29, 1.82) is 0 Å². The number of aryl methyl sites for hydroxylation is 2. The normalized spacial score (nSPS) is 12.3. The second kappa shape index (κ2) is 3.58. The van der Waals surface area contributed by atoms with Crippen LogP contribution in [0.4, 0.5) is 8.78 Å². The number of fused-ring (bicyclic) bond motifs is 1. The van der Waals surface area contributed by atoms with Gasteiger partial charge in [0.1, 0.15) is 0 Å². The van der Waals surface area contributed by atoms with E-state index in [1.807, 2.05) is 32.2 Å². The molecule has 2 rings (SSSR count). The largest absolute Gasteiger partial charge is 0.361 e. The van der Waals surface area contributed by atoms with Crippen LogP contribution in [-0.4, -0.2) is 10.9 Å². The molecule has 1 nitrogen and oxygen atoms in total. The van der Waals surface area contributed by atoms with Gasteiger partial charge in [-0.3, -0.25) is 0 Å². The van der Waals surface area contributed by atoms with Crippen molar-refractivity contribution in [1.82, 2.24) is 4.98 Å². The van der Waals surface area contributed by atoms with Gasteiger partial charge in [0.15, 0.2) is 0 Å². The minimum atomic E-state index is -2.65. The van der Waals surface area contributed by atoms with E-state index < -0.39 is 5.92 Å². The van der Waals surface area contributed by atoms with E-state index in [0.29, 0.717) is 5.56 Å². The molecule has 0 unspecified atom stereocenters. The van der Waals surface area contributed by atoms with Crippen LogP contribution in [0.25, 0.3) is 10.9 Å². The minimum Gasteiger partial charge on any atom is -0.361 e. The highest BCUT2D eigenvalue weighted by Gasteiger charge is 2.22. The molecular weight excluding hydrogens is 208 g/mol. The fraction of sp³-hybridized carbons (Fsp3) is 0.385. The molecule has 0 radical (unpaired) electrons. The smallest absolute Gasteiger partial charge is 0.249 e. The summed E-state index contributed by atoms with van der Waals surface area (Å²) >= 11 is 0. The maximum atomic E-state index is 13.0. The zero-order chi connectivity index (χ0) is 11.9. The van der Waals surface area contributed by atoms with Crippen LogP contribution in [0, 0.1) is 13.8 Å². The molecule has 1 aromatic carbocycles. The van der Waals surface area contributed by atoms with Gasteiger partial charge in [-0.05, 0) is 43.5 Å². The van der Waals surface area contributed by atoms with E-state index in [2.05, 4.69) is 4.98 Å². The van der Waals surface area contributed by atoms with Gasteiger partial charge in [0, 0.05) is 23.5 Å². The van der Waals surface area contributed by atoms with E-state index in [4.69, 9.17) is 0 Å². The monoisotopic (exact) mass is 223 g/mol. The third-order valence-corrected chi connectivity index (χ3v) is 2.77. The number of H-pyrrole nitrogens is 1. The minimum absolute atomic E-state index is 0.200. The lowest BCUT2D eigenvalue weighted by atomic mass is 10.0. The van der Waals surface area contributed by atoms with Crippen molar-refractivity contribution in [3.8, 4) is 0 Å². The summed E-state index contributed by atoms with van der Waals surface area (Å²) in [5.74, 6) is -2.65. The molecule has 2 aromatic rings. The second-order valence-electron chi connectivity index (χ2n) is 4.55. The zero-order valence-electron chi connectivity index (χ0n) is 9.70. The highest BCUT2D eigenvalue weighted by molar-refractivity contribution is 5.86. The Bertz CT molecular complexity index is 520. The lowest BCUT2D eigenvalue weighted by Crippen LogP contribution is -2.13. The number of hydrogen-bond donors (Lipinski definition) is 1. The predicted molar refractivity (Wildman–Crippen MR) is 62.1 cm³/mol. The van der Waals surface area contributed by atoms with Crippen LogP contribution >= 0.6 is 0 Å². The van der Waals surface area contributed by atoms with Crippen LogP contribution in [0.5, 0.6) is 0 Å². The quantitative estimate of drug-likeness (QED) is 0.792. The maximum absolute atomic E-state index is 13.0. The first-order valence-electron chi connectivity index (χ1n) is 5.32. The molecule has 86 valence electrons. The molecular formula is C13H15F2N. The molecule has 0 saturated carbocycles. The second-order valence-corrected chi connectivity index (χ2v) is 4.55. The summed E-state index contributed by atoms with van der Waals surface area (Å²) in [5, 5.41) is 1.04. The Kier molecular flexibility index (Phi) is 2.49. The van der Waals surface area contributed by atoms with Crippen molar-refractivity contribution in [3.63, 3.8) is 0 Å². The third-order valence-electron chi connectivity index (χ3n) is 2.77. The van der Waals surface area contributed by atoms with Gasteiger partial charge in [-0.1, -0.05) is 6.07 Å². The Morgan fingerprint density at radius 2 is 1.88 bits per heavy atom. The van der Waals surface area contributed by atoms with Crippen LogP contribution < -0.4 is 0 Å². The Morgan fingerprint density at radius 3 is 2.50 bits per heavy atom. The first-order chi connectivity index (χ1) is 7.37. The Morgan fingerprint density at radius 1 is 1.19 bits per heavy atom. The van der Waals surface area contributed by atoms with Gasteiger partial charge >= 0.3 is 0 Å². The van der Waals surface area contributed by atoms with E-state index in [0.717, 1.165) is 29.0 Å². The number of nitrogens with one attached hydrogen (secondary N) is 1. The van der Waals surface area contributed by atoms with Gasteiger partial charge in [-0.15, -0.1) is 0 Å². The van der Waals surface area contributed by atoms with Crippen LogP contribution in [0.3, 0.4) is 0 Å². The summed E-state index contributed by atoms with van der Waals surface area (Å²) in [6.45, 7) is 4.87. The SMILES string of the molecule is Cc1c[nH]c2c(C)cc(CC(C)(F)F)cc12. The van der Waals surface area contributed by atoms with Crippen molar-refractivity contribution >= 4 is 10.9 Å². The van der Waals surface area contributed by atoms with E-state index in [1.54, 1.807) is 0 Å². The van der Waals surface area contributed by atoms with Crippen molar-refractivity contribution in [2.24, 2.45) is 0 Å². The Labute approximate surface area is 93.5 Å². The Hall–Kier alpha value is -1.38. The number of halogens is 2. The first-order valence-corrected chi connectivity index (χ1v) is 5.32. The average Bonchev–Trinajstić information content (AvgIpc) is 2.45. The third kappa shape index (κ3) is 2.08. The van der Waals surface area contributed by atoms with Gasteiger partial charge in [0.05, 0.1) is 0 Å². The summed E-state index contributed by atoms with van der Waals surface area (Å²) in [6.07, 6.45) is 1.71. The topological polar surface area (TPSA) is 15.8 Å². The number of hydrogen-bond acceptors (Lipinski definition) is 0. The summed E-state index contributed by atoms with van der Waals surface area (Å²) in [5.41, 5.74) is 3.85. The van der Waals surface area contributed by atoms with Gasteiger partial charge in [-0.2, -0.15) is 0 Å². The van der Waals surface area contributed by atoms with Crippen LogP contribution in [0.2, 0.25) is 0 Å². The summed E-state index contributed by atoms with van der Waals surface area (Å²) < 4.78 is 25.9. The lowest BCUT2D eigenvalue weighted by molar-refractivity contribution is 0.0226. The molecule has 0 saturated heterocycles. The summed E-state index contributed by atoms with van der Waals surface area (Å²) in [6, 6.07) is 3.68. The highest BCUT2D eigenvalue weighted by Crippen LogP contribution is 2.26. The van der Waals surface area contributed by atoms with Crippen LogP contribution in [0.1, 0.15) is 23.6 Å². The standard InChI is InChI=1S/C13H15F2N/c1-8-4-10(6-13(3,14)15)5-11-9(2)7-16-12(8)11/h4-5,7,16H,6H2,1-3H3. The predicted octanol–water partition coefficient (Wildman–Crippen LogP) is 3.98. The molecule has 16 heavy (non-hydrogen) atoms. The zero-order valence-corrected chi connectivity index (χ0v) is 9.70. The fourth-order valence-electron chi connectivity index (χ4n) is 2.08. The van der Waals surface area contributed by atoms with Crippen molar-refractivity contribution in [3.05, 3.63) is 35.0 Å². The van der Waals surface area contributed by atoms with Gasteiger partial charge < -0.3 is 4.98 Å². The van der Waals surface area contributed by atoms with Gasteiger partial charge in [0.25, 0.3) is 0 Å². The maximum Gasteiger partial charge on any atom is 0.249 e.